The molecule has 0 spiro atoms. The van der Waals surface area contributed by atoms with Crippen LogP contribution < -0.4 is 5.32 Å². The number of piperidine rings is 1. The zero-order valence-electron chi connectivity index (χ0n) is 16.1. The second kappa shape index (κ2) is 8.08. The summed E-state index contributed by atoms with van der Waals surface area (Å²) in [5.41, 5.74) is 2.77. The van der Waals surface area contributed by atoms with Crippen molar-refractivity contribution in [2.45, 2.75) is 44.8 Å². The molecule has 1 atom stereocenters. The van der Waals surface area contributed by atoms with E-state index >= 15 is 0 Å². The maximum atomic E-state index is 12.6. The highest BCUT2D eigenvalue weighted by atomic mass is 16.2. The van der Waals surface area contributed by atoms with Crippen LogP contribution in [-0.4, -0.2) is 72.5 Å². The topological polar surface area (TPSA) is 55.9 Å². The van der Waals surface area contributed by atoms with Gasteiger partial charge in [0, 0.05) is 52.2 Å². The largest absolute Gasteiger partial charge is 0.343 e. The molecule has 0 bridgehead atoms. The van der Waals surface area contributed by atoms with Gasteiger partial charge in [-0.1, -0.05) is 24.3 Å². The van der Waals surface area contributed by atoms with Crippen LogP contribution in [0.4, 0.5) is 4.79 Å². The number of benzene rings is 1. The molecular weight excluding hydrogens is 328 g/mol. The lowest BCUT2D eigenvalue weighted by atomic mass is 9.94. The third-order valence-electron chi connectivity index (χ3n) is 5.72. The molecule has 0 unspecified atom stereocenters. The van der Waals surface area contributed by atoms with E-state index in [1.54, 1.807) is 11.8 Å². The van der Waals surface area contributed by atoms with Gasteiger partial charge in [0.15, 0.2) is 0 Å². The van der Waals surface area contributed by atoms with Crippen molar-refractivity contribution in [2.24, 2.45) is 0 Å². The predicted molar refractivity (Wildman–Crippen MR) is 102 cm³/mol. The average Bonchev–Trinajstić information content (AvgIpc) is 2.62. The van der Waals surface area contributed by atoms with Crippen LogP contribution in [0.3, 0.4) is 0 Å². The molecule has 3 amide bonds. The van der Waals surface area contributed by atoms with Crippen molar-refractivity contribution < 1.29 is 9.59 Å². The number of hydrogen-bond acceptors (Lipinski definition) is 3. The van der Waals surface area contributed by atoms with E-state index < -0.39 is 0 Å². The molecule has 142 valence electrons. The van der Waals surface area contributed by atoms with Crippen LogP contribution in [0, 0.1) is 0 Å². The maximum Gasteiger partial charge on any atom is 0.317 e. The third-order valence-corrected chi connectivity index (χ3v) is 5.72. The summed E-state index contributed by atoms with van der Waals surface area (Å²) in [5.74, 6) is 0.118. The fourth-order valence-corrected chi connectivity index (χ4v) is 3.94. The zero-order chi connectivity index (χ0) is 18.7. The summed E-state index contributed by atoms with van der Waals surface area (Å²) in [4.78, 5) is 29.9. The number of urea groups is 1. The molecule has 0 aliphatic carbocycles. The Kier molecular flexibility index (Phi) is 5.81. The first-order valence-electron chi connectivity index (χ1n) is 9.48. The summed E-state index contributed by atoms with van der Waals surface area (Å²) in [5, 5.41) is 3.13. The zero-order valence-corrected chi connectivity index (χ0v) is 16.1. The Hall–Kier alpha value is -2.08. The molecule has 1 aromatic rings. The van der Waals surface area contributed by atoms with Crippen LogP contribution in [0.5, 0.6) is 0 Å². The van der Waals surface area contributed by atoms with Gasteiger partial charge >= 0.3 is 6.03 Å². The van der Waals surface area contributed by atoms with Crippen molar-refractivity contribution in [3.8, 4) is 0 Å². The Morgan fingerprint density at radius 2 is 1.85 bits per heavy atom. The first-order valence-corrected chi connectivity index (χ1v) is 9.48. The third kappa shape index (κ3) is 4.36. The fraction of sp³-hybridized carbons (Fsp3) is 0.600. The smallest absolute Gasteiger partial charge is 0.317 e. The van der Waals surface area contributed by atoms with E-state index in [-0.39, 0.29) is 18.0 Å². The van der Waals surface area contributed by atoms with E-state index in [4.69, 9.17) is 0 Å². The Labute approximate surface area is 156 Å². The van der Waals surface area contributed by atoms with Crippen LogP contribution in [0.1, 0.15) is 30.9 Å². The number of amides is 3. The molecule has 2 heterocycles. The van der Waals surface area contributed by atoms with Crippen LogP contribution in [0.2, 0.25) is 0 Å². The summed E-state index contributed by atoms with van der Waals surface area (Å²) < 4.78 is 0. The molecule has 2 aliphatic rings. The summed E-state index contributed by atoms with van der Waals surface area (Å²) in [6.45, 7) is 4.70. The lowest BCUT2D eigenvalue weighted by Gasteiger charge is -2.37. The van der Waals surface area contributed by atoms with Crippen molar-refractivity contribution in [1.82, 2.24) is 20.0 Å². The lowest BCUT2D eigenvalue weighted by molar-refractivity contribution is -0.129. The van der Waals surface area contributed by atoms with E-state index in [2.05, 4.69) is 41.5 Å². The van der Waals surface area contributed by atoms with Crippen molar-refractivity contribution >= 4 is 11.9 Å². The van der Waals surface area contributed by atoms with Crippen molar-refractivity contribution in [2.75, 3.05) is 33.7 Å². The van der Waals surface area contributed by atoms with Gasteiger partial charge in [0.2, 0.25) is 5.91 Å². The quantitative estimate of drug-likeness (QED) is 0.895. The van der Waals surface area contributed by atoms with Crippen molar-refractivity contribution in [3.63, 3.8) is 0 Å². The summed E-state index contributed by atoms with van der Waals surface area (Å²) in [6, 6.07) is 9.03. The Bertz CT molecular complexity index is 655. The second-order valence-electron chi connectivity index (χ2n) is 7.65. The lowest BCUT2D eigenvalue weighted by Crippen LogP contribution is -2.52. The van der Waals surface area contributed by atoms with Gasteiger partial charge in [0.1, 0.15) is 0 Å². The van der Waals surface area contributed by atoms with E-state index in [1.165, 1.54) is 11.1 Å². The number of likely N-dealkylation sites (tertiary alicyclic amines) is 1. The number of carbonyl (C=O) groups excluding carboxylic acids is 2. The molecule has 0 saturated carbocycles. The number of rotatable bonds is 3. The number of fused-ring (bicyclic) bond motifs is 1. The van der Waals surface area contributed by atoms with Gasteiger partial charge in [-0.15, -0.1) is 0 Å². The van der Waals surface area contributed by atoms with E-state index in [9.17, 15) is 9.59 Å². The molecule has 0 radical (unpaired) electrons. The molecule has 6 heteroatoms. The Balaban J connectivity index is 1.49. The highest BCUT2D eigenvalue weighted by molar-refractivity contribution is 5.75. The van der Waals surface area contributed by atoms with Gasteiger partial charge in [0.05, 0.1) is 0 Å². The molecule has 2 aliphatic heterocycles. The first kappa shape index (κ1) is 18.7. The molecule has 6 nitrogen and oxygen atoms in total. The maximum absolute atomic E-state index is 12.6. The van der Waals surface area contributed by atoms with Crippen molar-refractivity contribution in [3.05, 3.63) is 35.4 Å². The fourth-order valence-electron chi connectivity index (χ4n) is 3.94. The minimum atomic E-state index is -0.0152. The second-order valence-corrected chi connectivity index (χ2v) is 7.65. The molecule has 1 saturated heterocycles. The number of nitrogens with zero attached hydrogens (tertiary/aromatic N) is 3. The van der Waals surface area contributed by atoms with Gasteiger partial charge in [0.25, 0.3) is 0 Å². The minimum Gasteiger partial charge on any atom is -0.343 e. The monoisotopic (exact) mass is 358 g/mol. The summed E-state index contributed by atoms with van der Waals surface area (Å²) >= 11 is 0. The normalized spacial score (nSPS) is 21.2. The molecule has 1 N–H and O–H groups in total. The van der Waals surface area contributed by atoms with E-state index in [0.29, 0.717) is 12.6 Å². The number of likely N-dealkylation sites (N-methyl/N-ethyl adjacent to an activating group) is 2. The van der Waals surface area contributed by atoms with Gasteiger partial charge in [-0.2, -0.15) is 0 Å². The molecular formula is C20H30N4O2. The van der Waals surface area contributed by atoms with Crippen LogP contribution in [0.25, 0.3) is 0 Å². The van der Waals surface area contributed by atoms with Gasteiger partial charge in [-0.25, -0.2) is 4.79 Å². The van der Waals surface area contributed by atoms with E-state index in [0.717, 1.165) is 38.9 Å². The highest BCUT2D eigenvalue weighted by Crippen LogP contribution is 2.22. The number of hydrogen-bond donors (Lipinski definition) is 1. The Morgan fingerprint density at radius 3 is 2.50 bits per heavy atom. The number of nitrogens with one attached hydrogen (secondary N) is 1. The van der Waals surface area contributed by atoms with Crippen LogP contribution >= 0.6 is 0 Å². The van der Waals surface area contributed by atoms with Crippen LogP contribution in [-0.2, 0) is 17.8 Å². The first-order chi connectivity index (χ1) is 12.4. The van der Waals surface area contributed by atoms with Gasteiger partial charge in [-0.05, 0) is 37.4 Å². The average molecular weight is 358 g/mol. The van der Waals surface area contributed by atoms with Gasteiger partial charge in [-0.3, -0.25) is 9.69 Å². The molecule has 1 fully saturated rings. The standard InChI is InChI=1S/C20H30N4O2/c1-15(25)24-10-8-18(9-11-24)21-20(26)23(3)14-19-12-16-6-4-5-7-17(16)13-22(19)2/h4-7,18-19H,8-14H2,1-3H3,(H,21,26)/t19-/m1/s1. The number of carbonyl (C=O) groups is 2. The van der Waals surface area contributed by atoms with Crippen LogP contribution in [0.15, 0.2) is 24.3 Å². The van der Waals surface area contributed by atoms with Crippen molar-refractivity contribution in [1.29, 1.82) is 0 Å². The predicted octanol–water partition coefficient (Wildman–Crippen LogP) is 1.70. The molecule has 26 heavy (non-hydrogen) atoms. The molecule has 3 rings (SSSR count). The summed E-state index contributed by atoms with van der Waals surface area (Å²) in [7, 11) is 4.00. The Morgan fingerprint density at radius 1 is 1.19 bits per heavy atom. The minimum absolute atomic E-state index is 0.0152. The van der Waals surface area contributed by atoms with Gasteiger partial charge < -0.3 is 15.1 Å². The highest BCUT2D eigenvalue weighted by Gasteiger charge is 2.27. The van der Waals surface area contributed by atoms with E-state index in [1.807, 2.05) is 11.9 Å². The summed E-state index contributed by atoms with van der Waals surface area (Å²) in [6.07, 6.45) is 2.63. The SMILES string of the molecule is CC(=O)N1CCC(NC(=O)N(C)C[C@H]2Cc3ccccc3CN2C)CC1. The molecule has 1 aromatic carbocycles. The molecule has 0 aromatic heterocycles.